The second-order valence-electron chi connectivity index (χ2n) is 4.62. The molecule has 1 aromatic carbocycles. The minimum absolute atomic E-state index is 0.757. The van der Waals surface area contributed by atoms with E-state index in [0.717, 1.165) is 36.5 Å². The summed E-state index contributed by atoms with van der Waals surface area (Å²) in [5, 5.41) is 8.36. The molecule has 24 heavy (non-hydrogen) atoms. The third-order valence-corrected chi connectivity index (χ3v) is 2.95. The van der Waals surface area contributed by atoms with Crippen molar-refractivity contribution in [3.8, 4) is 5.75 Å². The normalized spacial score (nSPS) is 9.54. The first-order chi connectivity index (χ1) is 11.5. The Bertz CT molecular complexity index is 410. The van der Waals surface area contributed by atoms with Gasteiger partial charge in [0, 0.05) is 25.2 Å². The molecule has 0 saturated carbocycles. The molecule has 138 valence electrons. The Morgan fingerprint density at radius 3 is 2.00 bits per heavy atom. The molecule has 0 aliphatic heterocycles. The molecule has 0 spiro atoms. The number of rotatable bonds is 8. The van der Waals surface area contributed by atoms with Crippen molar-refractivity contribution in [1.82, 2.24) is 0 Å². The number of unbranched alkanes of at least 4 members (excludes halogenated alkanes) is 2. The zero-order valence-electron chi connectivity index (χ0n) is 15.3. The predicted molar refractivity (Wildman–Crippen MR) is 102 cm³/mol. The Kier molecular flexibility index (Phi) is 20.1. The number of carbonyl (C=O) groups is 1. The Morgan fingerprint density at radius 1 is 1.12 bits per heavy atom. The molecule has 0 aromatic heterocycles. The highest BCUT2D eigenvalue weighted by Crippen LogP contribution is 2.11. The number of aliphatic carboxylic acids is 1. The third-order valence-electron chi connectivity index (χ3n) is 2.68. The average molecular weight is 359 g/mol. The Hall–Kier alpha value is -1.52. The van der Waals surface area contributed by atoms with Crippen molar-refractivity contribution in [1.29, 1.82) is 0 Å². The van der Waals surface area contributed by atoms with Crippen LogP contribution in [-0.2, 0) is 9.53 Å². The van der Waals surface area contributed by atoms with E-state index < -0.39 is 5.97 Å². The molecule has 0 amide bonds. The Labute approximate surface area is 151 Å². The van der Waals surface area contributed by atoms with Crippen molar-refractivity contribution in [3.05, 3.63) is 35.9 Å². The van der Waals surface area contributed by atoms with Gasteiger partial charge in [0.05, 0.1) is 7.11 Å². The Balaban J connectivity index is 0. The largest absolute Gasteiger partial charge is 0.497 e. The summed E-state index contributed by atoms with van der Waals surface area (Å²) in [4.78, 5) is 10.2. The quantitative estimate of drug-likeness (QED) is 0.391. The maximum atomic E-state index is 10.2. The van der Waals surface area contributed by atoms with E-state index in [9.17, 15) is 4.79 Å². The van der Waals surface area contributed by atoms with E-state index in [2.05, 4.69) is 6.92 Å². The van der Waals surface area contributed by atoms with Crippen LogP contribution in [0, 0.1) is 0 Å². The fourth-order valence-electron chi connectivity index (χ4n) is 1.43. The number of hydrogen-bond donors (Lipinski definition) is 1. The van der Waals surface area contributed by atoms with Crippen LogP contribution in [0.2, 0.25) is 0 Å². The number of carboxylic acids is 1. The highest BCUT2D eigenvalue weighted by atomic mass is 35.5. The predicted octanol–water partition coefficient (Wildman–Crippen LogP) is 5.25. The second-order valence-corrected chi connectivity index (χ2v) is 5.00. The summed E-state index contributed by atoms with van der Waals surface area (Å²) < 4.78 is 9.79. The SMILES string of the molecule is CCCCCCl.CCOCC.COc1ccc(C=CC(=O)O)cc1. The number of methoxy groups -OCH3 is 1. The fraction of sp³-hybridized carbons (Fsp3) is 0.526. The van der Waals surface area contributed by atoms with Crippen LogP contribution in [0.5, 0.6) is 5.75 Å². The van der Waals surface area contributed by atoms with Crippen molar-refractivity contribution in [2.24, 2.45) is 0 Å². The van der Waals surface area contributed by atoms with Crippen LogP contribution in [0.25, 0.3) is 6.08 Å². The van der Waals surface area contributed by atoms with Crippen LogP contribution in [0.15, 0.2) is 30.3 Å². The van der Waals surface area contributed by atoms with Gasteiger partial charge >= 0.3 is 5.97 Å². The molecule has 0 atom stereocenters. The molecule has 0 aliphatic rings. The summed E-state index contributed by atoms with van der Waals surface area (Å²) in [5.74, 6) is 0.636. The lowest BCUT2D eigenvalue weighted by atomic mass is 10.2. The lowest BCUT2D eigenvalue weighted by molar-refractivity contribution is -0.131. The molecule has 0 bridgehead atoms. The van der Waals surface area contributed by atoms with Gasteiger partial charge in [-0.05, 0) is 44.0 Å². The van der Waals surface area contributed by atoms with Crippen molar-refractivity contribution >= 4 is 23.6 Å². The van der Waals surface area contributed by atoms with E-state index in [1.165, 1.54) is 25.3 Å². The zero-order valence-corrected chi connectivity index (χ0v) is 16.0. The van der Waals surface area contributed by atoms with Gasteiger partial charge in [-0.1, -0.05) is 31.9 Å². The first-order valence-corrected chi connectivity index (χ1v) is 8.77. The molecule has 1 N–H and O–H groups in total. The summed E-state index contributed by atoms with van der Waals surface area (Å²) in [6.45, 7) is 7.84. The van der Waals surface area contributed by atoms with Crippen molar-refractivity contribution in [2.45, 2.75) is 40.0 Å². The molecule has 0 unspecified atom stereocenters. The van der Waals surface area contributed by atoms with E-state index in [1.54, 1.807) is 31.4 Å². The zero-order chi connectivity index (χ0) is 18.6. The smallest absolute Gasteiger partial charge is 0.328 e. The number of ether oxygens (including phenoxy) is 2. The molecule has 5 heteroatoms. The molecule has 1 rings (SSSR count). The number of alkyl halides is 1. The summed E-state index contributed by atoms with van der Waals surface area (Å²) in [6, 6.07) is 7.14. The van der Waals surface area contributed by atoms with Gasteiger partial charge in [0.1, 0.15) is 5.75 Å². The van der Waals surface area contributed by atoms with Crippen molar-refractivity contribution in [2.75, 3.05) is 26.2 Å². The number of hydrogen-bond acceptors (Lipinski definition) is 3. The van der Waals surface area contributed by atoms with Gasteiger partial charge in [0.15, 0.2) is 0 Å². The van der Waals surface area contributed by atoms with E-state index >= 15 is 0 Å². The van der Waals surface area contributed by atoms with Gasteiger partial charge in [-0.2, -0.15) is 0 Å². The van der Waals surface area contributed by atoms with E-state index in [4.69, 9.17) is 26.2 Å². The van der Waals surface area contributed by atoms with Gasteiger partial charge in [-0.3, -0.25) is 0 Å². The number of carboxylic acid groups (broad SMARTS) is 1. The van der Waals surface area contributed by atoms with Crippen molar-refractivity contribution < 1.29 is 19.4 Å². The molecular weight excluding hydrogens is 328 g/mol. The maximum Gasteiger partial charge on any atom is 0.328 e. The van der Waals surface area contributed by atoms with Crippen LogP contribution in [0.4, 0.5) is 0 Å². The van der Waals surface area contributed by atoms with E-state index in [-0.39, 0.29) is 0 Å². The highest BCUT2D eigenvalue weighted by Gasteiger charge is 1.91. The monoisotopic (exact) mass is 358 g/mol. The van der Waals surface area contributed by atoms with Gasteiger partial charge in [-0.25, -0.2) is 4.79 Å². The molecular formula is C19H31ClO4. The molecule has 0 radical (unpaired) electrons. The summed E-state index contributed by atoms with van der Waals surface area (Å²) in [5.41, 5.74) is 0.836. The maximum absolute atomic E-state index is 10.2. The van der Waals surface area contributed by atoms with E-state index in [0.29, 0.717) is 0 Å². The molecule has 0 aliphatic carbocycles. The summed E-state index contributed by atoms with van der Waals surface area (Å²) in [6.07, 6.45) is 6.36. The first kappa shape index (κ1) is 24.7. The third kappa shape index (κ3) is 18.5. The number of benzene rings is 1. The van der Waals surface area contributed by atoms with Gasteiger partial charge in [-0.15, -0.1) is 11.6 Å². The fourth-order valence-corrected chi connectivity index (χ4v) is 1.62. The van der Waals surface area contributed by atoms with Crippen LogP contribution < -0.4 is 4.74 Å². The lowest BCUT2D eigenvalue weighted by Crippen LogP contribution is -1.86. The van der Waals surface area contributed by atoms with Gasteiger partial charge in [0.2, 0.25) is 0 Å². The summed E-state index contributed by atoms with van der Waals surface area (Å²) in [7, 11) is 1.59. The summed E-state index contributed by atoms with van der Waals surface area (Å²) >= 11 is 5.38. The molecule has 0 fully saturated rings. The molecule has 4 nitrogen and oxygen atoms in total. The van der Waals surface area contributed by atoms with Crippen LogP contribution in [-0.4, -0.2) is 37.3 Å². The standard InChI is InChI=1S/C10H10O3.C5H11Cl.C4H10O/c1-13-9-5-2-8(3-6-9)4-7-10(11)12;1-2-3-4-5-6;1-3-5-4-2/h2-7H,1H3,(H,11,12);2-5H2,1H3;3-4H2,1-2H3. The van der Waals surface area contributed by atoms with Crippen molar-refractivity contribution in [3.63, 3.8) is 0 Å². The van der Waals surface area contributed by atoms with Crippen LogP contribution in [0.1, 0.15) is 45.6 Å². The van der Waals surface area contributed by atoms with Crippen LogP contribution in [0.3, 0.4) is 0 Å². The first-order valence-electron chi connectivity index (χ1n) is 8.24. The number of halogens is 1. The Morgan fingerprint density at radius 2 is 1.71 bits per heavy atom. The minimum Gasteiger partial charge on any atom is -0.497 e. The lowest BCUT2D eigenvalue weighted by Gasteiger charge is -1.98. The highest BCUT2D eigenvalue weighted by molar-refractivity contribution is 6.17. The molecule has 0 saturated heterocycles. The average Bonchev–Trinajstić information content (AvgIpc) is 2.60. The van der Waals surface area contributed by atoms with Crippen LogP contribution >= 0.6 is 11.6 Å². The minimum atomic E-state index is -0.948. The molecule has 0 heterocycles. The van der Waals surface area contributed by atoms with Gasteiger partial charge < -0.3 is 14.6 Å². The molecule has 1 aromatic rings. The van der Waals surface area contributed by atoms with Gasteiger partial charge in [0.25, 0.3) is 0 Å². The topological polar surface area (TPSA) is 55.8 Å². The second kappa shape index (κ2) is 19.5. The van der Waals surface area contributed by atoms with E-state index in [1.807, 2.05) is 13.8 Å².